The van der Waals surface area contributed by atoms with Crippen LogP contribution in [0.4, 0.5) is 5.82 Å². The van der Waals surface area contributed by atoms with Crippen molar-refractivity contribution in [3.8, 4) is 11.1 Å². The molecule has 3 aromatic carbocycles. The molecule has 0 aliphatic rings. The molecule has 0 saturated carbocycles. The second kappa shape index (κ2) is 13.7. The molecule has 39 heavy (non-hydrogen) atoms. The molecule has 7 nitrogen and oxygen atoms in total. The molecule has 0 fully saturated rings. The molecule has 0 bridgehead atoms. The van der Waals surface area contributed by atoms with Gasteiger partial charge in [0.15, 0.2) is 0 Å². The second-order valence-corrected chi connectivity index (χ2v) is 9.87. The van der Waals surface area contributed by atoms with Gasteiger partial charge in [-0.15, -0.1) is 0 Å². The molecule has 0 aliphatic heterocycles. The molecule has 202 valence electrons. The fourth-order valence-corrected chi connectivity index (χ4v) is 4.45. The number of carbonyl (C=O) groups is 1. The summed E-state index contributed by atoms with van der Waals surface area (Å²) in [6, 6.07) is 27.6. The van der Waals surface area contributed by atoms with Crippen LogP contribution in [0.2, 0.25) is 0 Å². The number of nitrogens with two attached hydrogens (primary N) is 1. The Labute approximate surface area is 229 Å². The van der Waals surface area contributed by atoms with Gasteiger partial charge in [-0.25, -0.2) is 4.98 Å². The average Bonchev–Trinajstić information content (AvgIpc) is 2.95. The van der Waals surface area contributed by atoms with Crippen molar-refractivity contribution in [3.63, 3.8) is 0 Å². The maximum absolute atomic E-state index is 12.7. The van der Waals surface area contributed by atoms with Crippen LogP contribution < -0.4 is 16.4 Å². The van der Waals surface area contributed by atoms with Crippen molar-refractivity contribution in [2.45, 2.75) is 45.1 Å². The number of nitrogens with zero attached hydrogens (tertiary/aromatic N) is 1. The topological polar surface area (TPSA) is 120 Å². The summed E-state index contributed by atoms with van der Waals surface area (Å²) < 4.78 is 0. The van der Waals surface area contributed by atoms with E-state index in [-0.39, 0.29) is 18.6 Å². The van der Waals surface area contributed by atoms with Crippen LogP contribution in [0, 0.1) is 0 Å². The van der Waals surface area contributed by atoms with Crippen LogP contribution in [-0.2, 0) is 30.8 Å². The number of anilines is 1. The minimum absolute atomic E-state index is 0.0265. The molecule has 0 saturated heterocycles. The summed E-state index contributed by atoms with van der Waals surface area (Å²) in [5.41, 5.74) is 12.5. The monoisotopic (exact) mass is 524 g/mol. The van der Waals surface area contributed by atoms with Gasteiger partial charge in [0.1, 0.15) is 5.82 Å². The molecule has 0 radical (unpaired) electrons. The molecule has 0 aliphatic carbocycles. The van der Waals surface area contributed by atoms with Crippen LogP contribution >= 0.6 is 0 Å². The third-order valence-electron chi connectivity index (χ3n) is 6.64. The first-order valence-corrected chi connectivity index (χ1v) is 13.2. The van der Waals surface area contributed by atoms with Crippen LogP contribution in [0.25, 0.3) is 11.1 Å². The summed E-state index contributed by atoms with van der Waals surface area (Å²) in [4.78, 5) is 16.7. The van der Waals surface area contributed by atoms with Gasteiger partial charge in [-0.3, -0.25) is 4.79 Å². The lowest BCUT2D eigenvalue weighted by Gasteiger charge is -2.18. The van der Waals surface area contributed by atoms with E-state index in [2.05, 4.69) is 40.7 Å². The zero-order valence-corrected chi connectivity index (χ0v) is 22.2. The third-order valence-corrected chi connectivity index (χ3v) is 6.64. The Hall–Kier alpha value is -4.04. The quantitative estimate of drug-likeness (QED) is 0.192. The van der Waals surface area contributed by atoms with Gasteiger partial charge in [0.05, 0.1) is 19.1 Å². The summed E-state index contributed by atoms with van der Waals surface area (Å²) >= 11 is 0. The Morgan fingerprint density at radius 2 is 1.64 bits per heavy atom. The van der Waals surface area contributed by atoms with Gasteiger partial charge in [-0.1, -0.05) is 72.8 Å². The fraction of sp³-hybridized carbons (Fsp3) is 0.250. The molecule has 0 unspecified atom stereocenters. The number of rotatable bonds is 12. The van der Waals surface area contributed by atoms with Gasteiger partial charge in [-0.2, -0.15) is 0 Å². The smallest absolute Gasteiger partial charge is 0.224 e. The largest absolute Gasteiger partial charge is 0.392 e. The minimum Gasteiger partial charge on any atom is -0.392 e. The van der Waals surface area contributed by atoms with Crippen molar-refractivity contribution in [2.24, 2.45) is 0 Å². The average molecular weight is 525 g/mol. The number of aliphatic hydroxyl groups is 2. The molecular formula is C32H36N4O3. The van der Waals surface area contributed by atoms with E-state index >= 15 is 0 Å². The summed E-state index contributed by atoms with van der Waals surface area (Å²) in [6.07, 6.45) is 2.01. The van der Waals surface area contributed by atoms with Gasteiger partial charge >= 0.3 is 0 Å². The summed E-state index contributed by atoms with van der Waals surface area (Å²) in [7, 11) is 0. The fourth-order valence-electron chi connectivity index (χ4n) is 4.45. The van der Waals surface area contributed by atoms with Crippen LogP contribution in [0.3, 0.4) is 0 Å². The lowest BCUT2D eigenvalue weighted by atomic mass is 10.0. The molecule has 7 heteroatoms. The number of amides is 1. The molecule has 1 aromatic heterocycles. The Bertz CT molecular complexity index is 1360. The lowest BCUT2D eigenvalue weighted by molar-refractivity contribution is -0.120. The zero-order chi connectivity index (χ0) is 27.6. The highest BCUT2D eigenvalue weighted by Gasteiger charge is 2.11. The Morgan fingerprint density at radius 1 is 0.897 bits per heavy atom. The first kappa shape index (κ1) is 28.0. The van der Waals surface area contributed by atoms with Gasteiger partial charge in [0, 0.05) is 30.9 Å². The first-order valence-electron chi connectivity index (χ1n) is 13.2. The number of hydrogen-bond acceptors (Lipinski definition) is 6. The third kappa shape index (κ3) is 8.48. The van der Waals surface area contributed by atoms with Crippen molar-refractivity contribution >= 4 is 11.7 Å². The van der Waals surface area contributed by atoms with E-state index in [4.69, 9.17) is 5.73 Å². The number of nitrogens with one attached hydrogen (secondary N) is 2. The molecular weight excluding hydrogens is 488 g/mol. The Balaban J connectivity index is 1.25. The lowest BCUT2D eigenvalue weighted by Crippen LogP contribution is -2.32. The van der Waals surface area contributed by atoms with Crippen molar-refractivity contribution in [1.29, 1.82) is 0 Å². The first-order chi connectivity index (χ1) is 18.9. The molecule has 4 aromatic rings. The van der Waals surface area contributed by atoms with E-state index in [0.29, 0.717) is 25.3 Å². The van der Waals surface area contributed by atoms with E-state index in [1.807, 2.05) is 54.6 Å². The van der Waals surface area contributed by atoms with Crippen molar-refractivity contribution < 1.29 is 15.0 Å². The van der Waals surface area contributed by atoms with Crippen LogP contribution in [0.5, 0.6) is 0 Å². The highest BCUT2D eigenvalue weighted by Crippen LogP contribution is 2.21. The number of carbonyl (C=O) groups excluding carboxylic acids is 1. The van der Waals surface area contributed by atoms with E-state index in [0.717, 1.165) is 45.4 Å². The van der Waals surface area contributed by atoms with E-state index in [9.17, 15) is 15.0 Å². The molecule has 0 spiro atoms. The normalized spacial score (nSPS) is 12.6. The molecule has 4 rings (SSSR count). The van der Waals surface area contributed by atoms with E-state index in [1.54, 1.807) is 18.3 Å². The van der Waals surface area contributed by atoms with E-state index in [1.165, 1.54) is 0 Å². The summed E-state index contributed by atoms with van der Waals surface area (Å²) in [5.74, 6) is 0.396. The van der Waals surface area contributed by atoms with Crippen molar-refractivity contribution in [3.05, 3.63) is 119 Å². The van der Waals surface area contributed by atoms with Gasteiger partial charge in [0.2, 0.25) is 5.91 Å². The van der Waals surface area contributed by atoms with Crippen molar-refractivity contribution in [1.82, 2.24) is 15.6 Å². The predicted molar refractivity (Wildman–Crippen MR) is 155 cm³/mol. The maximum atomic E-state index is 12.7. The Morgan fingerprint density at radius 3 is 2.38 bits per heavy atom. The zero-order valence-electron chi connectivity index (χ0n) is 22.2. The molecule has 1 heterocycles. The highest BCUT2D eigenvalue weighted by molar-refractivity contribution is 5.78. The summed E-state index contributed by atoms with van der Waals surface area (Å²) in [6.45, 7) is 2.96. The van der Waals surface area contributed by atoms with Crippen LogP contribution in [0.15, 0.2) is 91.1 Å². The second-order valence-electron chi connectivity index (χ2n) is 9.87. The van der Waals surface area contributed by atoms with Crippen LogP contribution in [-0.4, -0.2) is 33.7 Å². The Kier molecular flexibility index (Phi) is 9.80. The van der Waals surface area contributed by atoms with Crippen molar-refractivity contribution in [2.75, 3.05) is 12.3 Å². The highest BCUT2D eigenvalue weighted by atomic mass is 16.3. The van der Waals surface area contributed by atoms with Gasteiger partial charge in [0.25, 0.3) is 0 Å². The minimum atomic E-state index is -0.664. The molecule has 1 amide bonds. The van der Waals surface area contributed by atoms with Gasteiger partial charge < -0.3 is 26.6 Å². The maximum Gasteiger partial charge on any atom is 0.224 e. The SMILES string of the molecule is C[C@H](Cc1cccc(CC(=O)NCc2cccc(-c3ccc(CO)cc3)c2)c1)NC[C@H](O)c1ccc(N)nc1. The number of aliphatic hydroxyl groups excluding tert-OH is 2. The summed E-state index contributed by atoms with van der Waals surface area (Å²) in [5, 5.41) is 26.0. The van der Waals surface area contributed by atoms with Gasteiger partial charge in [-0.05, 0) is 58.9 Å². The van der Waals surface area contributed by atoms with Crippen LogP contribution in [0.1, 0.15) is 40.8 Å². The molecule has 2 atom stereocenters. The number of pyridine rings is 1. The number of benzene rings is 3. The number of nitrogen functional groups attached to an aromatic ring is 1. The number of aromatic nitrogens is 1. The number of hydrogen-bond donors (Lipinski definition) is 5. The van der Waals surface area contributed by atoms with E-state index < -0.39 is 6.10 Å². The predicted octanol–water partition coefficient (Wildman–Crippen LogP) is 3.94. The standard InChI is InChI=1S/C32H36N4O3/c1-22(34-20-30(38)29-12-13-31(33)35-19-29)14-24-4-2-5-25(15-24)17-32(39)36-18-26-6-3-7-28(16-26)27-10-8-23(21-37)9-11-27/h2-13,15-16,19,22,30,34,37-38H,14,17-18,20-21H2,1H3,(H2,33,35)(H,36,39)/t22-,30+/m1/s1. The molecule has 6 N–H and O–H groups in total.